The van der Waals surface area contributed by atoms with Crippen molar-refractivity contribution >= 4 is 20.3 Å². The van der Waals surface area contributed by atoms with Gasteiger partial charge in [0.15, 0.2) is 26.8 Å². The van der Waals surface area contributed by atoms with E-state index in [1.165, 1.54) is 13.8 Å². The topological polar surface area (TPSA) is 103 Å². The van der Waals surface area contributed by atoms with Gasteiger partial charge in [-0.05, 0) is 23.7 Å². The van der Waals surface area contributed by atoms with Crippen LogP contribution in [0.15, 0.2) is 30.3 Å². The average Bonchev–Trinajstić information content (AvgIpc) is 2.67. The monoisotopic (exact) mass is 467 g/mol. The van der Waals surface area contributed by atoms with Gasteiger partial charge >= 0.3 is 11.9 Å². The molecule has 1 aliphatic heterocycles. The first-order valence-corrected chi connectivity index (χ1v) is 13.8. The fraction of sp³-hybridized carbons (Fsp3) is 0.652. The highest BCUT2D eigenvalue weighted by molar-refractivity contribution is 6.74. The predicted molar refractivity (Wildman–Crippen MR) is 122 cm³/mol. The molecule has 1 fully saturated rings. The lowest BCUT2D eigenvalue weighted by Crippen LogP contribution is -2.65. The molecular weight excluding hydrogens is 430 g/mol. The molecule has 1 aromatic carbocycles. The van der Waals surface area contributed by atoms with Gasteiger partial charge in [-0.2, -0.15) is 0 Å². The van der Waals surface area contributed by atoms with Gasteiger partial charge in [-0.25, -0.2) is 0 Å². The minimum Gasteiger partial charge on any atom is -0.457 e. The molecule has 8 nitrogen and oxygen atoms in total. The molecule has 32 heavy (non-hydrogen) atoms. The number of carbonyl (C=O) groups is 2. The van der Waals surface area contributed by atoms with E-state index < -0.39 is 50.9 Å². The summed E-state index contributed by atoms with van der Waals surface area (Å²) < 4.78 is 23.2. The molecule has 1 heterocycles. The summed E-state index contributed by atoms with van der Waals surface area (Å²) in [6.07, 6.45) is -3.96. The van der Waals surface area contributed by atoms with Gasteiger partial charge < -0.3 is 29.1 Å². The van der Waals surface area contributed by atoms with Crippen molar-refractivity contribution in [1.29, 1.82) is 0 Å². The van der Waals surface area contributed by atoms with Crippen LogP contribution in [0.25, 0.3) is 0 Å². The Hall–Kier alpha value is -1.78. The van der Waals surface area contributed by atoms with Crippen molar-refractivity contribution in [1.82, 2.24) is 5.32 Å². The number of ether oxygens (including phenoxy) is 3. The molecule has 180 valence electrons. The van der Waals surface area contributed by atoms with E-state index >= 15 is 0 Å². The van der Waals surface area contributed by atoms with Gasteiger partial charge in [0.05, 0.1) is 12.6 Å². The van der Waals surface area contributed by atoms with Gasteiger partial charge in [0.25, 0.3) is 0 Å². The highest BCUT2D eigenvalue weighted by Gasteiger charge is 2.50. The fourth-order valence-electron chi connectivity index (χ4n) is 3.28. The van der Waals surface area contributed by atoms with E-state index in [1.54, 1.807) is 0 Å². The van der Waals surface area contributed by atoms with Crippen molar-refractivity contribution in [3.8, 4) is 0 Å². The molecule has 9 heteroatoms. The van der Waals surface area contributed by atoms with E-state index in [4.69, 9.17) is 18.6 Å². The van der Waals surface area contributed by atoms with Crippen LogP contribution in [-0.2, 0) is 34.8 Å². The smallest absolute Gasteiger partial charge is 0.303 e. The highest BCUT2D eigenvalue weighted by atomic mass is 28.4. The first-order valence-electron chi connectivity index (χ1n) is 10.9. The zero-order chi connectivity index (χ0) is 24.1. The standard InChI is InChI=1S/C23H37NO7Si/c1-15(25)29-20-18(14-28-32(6,7)23(3,4)5)31-22(27)19(21(20)30-16(2)26)24-13-17-11-9-8-10-12-17/h8-12,18-22,24,27H,13-14H2,1-7H3/t18-,19-,20-,21-,22-/m1/s1. The largest absolute Gasteiger partial charge is 0.457 e. The lowest BCUT2D eigenvalue weighted by Gasteiger charge is -2.45. The minimum absolute atomic E-state index is 0.0354. The lowest BCUT2D eigenvalue weighted by atomic mass is 9.96. The van der Waals surface area contributed by atoms with Crippen molar-refractivity contribution < 1.29 is 33.3 Å². The van der Waals surface area contributed by atoms with E-state index in [-0.39, 0.29) is 11.6 Å². The van der Waals surface area contributed by atoms with Gasteiger partial charge in [0.1, 0.15) is 6.10 Å². The molecule has 2 rings (SSSR count). The van der Waals surface area contributed by atoms with Gasteiger partial charge in [0, 0.05) is 20.4 Å². The normalized spacial score (nSPS) is 26.4. The van der Waals surface area contributed by atoms with Crippen LogP contribution in [0.5, 0.6) is 0 Å². The predicted octanol–water partition coefficient (Wildman–Crippen LogP) is 2.75. The number of rotatable bonds is 8. The zero-order valence-electron chi connectivity index (χ0n) is 20.1. The number of nitrogens with one attached hydrogen (secondary N) is 1. The quantitative estimate of drug-likeness (QED) is 0.444. The van der Waals surface area contributed by atoms with Crippen molar-refractivity contribution in [3.63, 3.8) is 0 Å². The maximum absolute atomic E-state index is 11.9. The van der Waals surface area contributed by atoms with Crippen LogP contribution < -0.4 is 5.32 Å². The molecule has 1 saturated heterocycles. The second-order valence-electron chi connectivity index (χ2n) is 9.68. The Labute approximate surface area is 191 Å². The van der Waals surface area contributed by atoms with E-state index in [0.717, 1.165) is 5.56 Å². The van der Waals surface area contributed by atoms with Crippen LogP contribution in [0.3, 0.4) is 0 Å². The van der Waals surface area contributed by atoms with Crippen molar-refractivity contribution in [2.45, 2.75) is 89.9 Å². The van der Waals surface area contributed by atoms with Crippen LogP contribution in [0, 0.1) is 0 Å². The summed E-state index contributed by atoms with van der Waals surface area (Å²) in [6.45, 7) is 13.6. The Kier molecular flexibility index (Phi) is 9.01. The molecule has 5 atom stereocenters. The van der Waals surface area contributed by atoms with Gasteiger partial charge in [-0.1, -0.05) is 51.1 Å². The van der Waals surface area contributed by atoms with E-state index in [1.807, 2.05) is 30.3 Å². The Morgan fingerprint density at radius 3 is 2.16 bits per heavy atom. The number of aliphatic hydroxyl groups is 1. The first-order chi connectivity index (χ1) is 14.8. The van der Waals surface area contributed by atoms with Crippen LogP contribution in [0.2, 0.25) is 18.1 Å². The number of benzene rings is 1. The maximum atomic E-state index is 11.9. The van der Waals surface area contributed by atoms with Crippen LogP contribution in [0.4, 0.5) is 0 Å². The molecule has 0 aromatic heterocycles. The summed E-state index contributed by atoms with van der Waals surface area (Å²) in [5, 5.41) is 13.9. The third kappa shape index (κ3) is 7.11. The SMILES string of the molecule is CC(=O)O[C@@H]1[C@@H](NCc2ccccc2)[C@H](O)O[C@H](CO[Si](C)(C)C(C)(C)C)[C@H]1OC(C)=O. The van der Waals surface area contributed by atoms with Crippen molar-refractivity contribution in [2.75, 3.05) is 6.61 Å². The zero-order valence-corrected chi connectivity index (χ0v) is 21.1. The van der Waals surface area contributed by atoms with Crippen LogP contribution in [-0.4, -0.2) is 62.6 Å². The highest BCUT2D eigenvalue weighted by Crippen LogP contribution is 2.37. The molecule has 1 aliphatic rings. The van der Waals surface area contributed by atoms with E-state index in [2.05, 4.69) is 39.2 Å². The number of hydrogen-bond acceptors (Lipinski definition) is 8. The van der Waals surface area contributed by atoms with Crippen molar-refractivity contribution in [2.24, 2.45) is 0 Å². The fourth-order valence-corrected chi connectivity index (χ4v) is 4.29. The third-order valence-electron chi connectivity index (χ3n) is 6.07. The lowest BCUT2D eigenvalue weighted by molar-refractivity contribution is -0.263. The van der Waals surface area contributed by atoms with Crippen molar-refractivity contribution in [3.05, 3.63) is 35.9 Å². The molecule has 0 radical (unpaired) electrons. The van der Waals surface area contributed by atoms with E-state index in [9.17, 15) is 14.7 Å². The summed E-state index contributed by atoms with van der Waals surface area (Å²) >= 11 is 0. The molecule has 0 aliphatic carbocycles. The summed E-state index contributed by atoms with van der Waals surface area (Å²) in [4.78, 5) is 23.8. The number of esters is 2. The molecule has 0 unspecified atom stereocenters. The molecule has 1 aromatic rings. The molecule has 0 amide bonds. The number of carbonyl (C=O) groups excluding carboxylic acids is 2. The molecule has 0 spiro atoms. The Morgan fingerprint density at radius 1 is 1.06 bits per heavy atom. The van der Waals surface area contributed by atoms with E-state index in [0.29, 0.717) is 6.54 Å². The molecule has 0 saturated carbocycles. The summed E-state index contributed by atoms with van der Waals surface area (Å²) in [5.41, 5.74) is 0.980. The van der Waals surface area contributed by atoms with Gasteiger partial charge in [-0.15, -0.1) is 0 Å². The number of aliphatic hydroxyl groups excluding tert-OH is 1. The first kappa shape index (κ1) is 26.5. The van der Waals surface area contributed by atoms with Crippen LogP contribution >= 0.6 is 0 Å². The summed E-state index contributed by atoms with van der Waals surface area (Å²) in [6, 6.07) is 8.79. The Morgan fingerprint density at radius 2 is 1.62 bits per heavy atom. The minimum atomic E-state index is -2.14. The van der Waals surface area contributed by atoms with Gasteiger partial charge in [0.2, 0.25) is 0 Å². The Balaban J connectivity index is 2.25. The molecular formula is C23H37NO7Si. The number of hydrogen-bond donors (Lipinski definition) is 2. The maximum Gasteiger partial charge on any atom is 0.303 e. The van der Waals surface area contributed by atoms with Crippen LogP contribution in [0.1, 0.15) is 40.2 Å². The summed E-state index contributed by atoms with van der Waals surface area (Å²) in [7, 11) is -2.14. The second-order valence-corrected chi connectivity index (χ2v) is 14.5. The average molecular weight is 468 g/mol. The third-order valence-corrected chi connectivity index (χ3v) is 10.6. The molecule has 0 bridgehead atoms. The molecule has 2 N–H and O–H groups in total. The second kappa shape index (κ2) is 10.9. The van der Waals surface area contributed by atoms with Gasteiger partial charge in [-0.3, -0.25) is 9.59 Å². The summed E-state index contributed by atoms with van der Waals surface area (Å²) in [5.74, 6) is -1.08. The Bertz CT molecular complexity index is 765.